The first-order chi connectivity index (χ1) is 14.1. The zero-order valence-electron chi connectivity index (χ0n) is 19.5. The van der Waals surface area contributed by atoms with E-state index in [0.717, 1.165) is 0 Å². The van der Waals surface area contributed by atoms with Gasteiger partial charge in [-0.3, -0.25) is 0 Å². The van der Waals surface area contributed by atoms with Crippen molar-refractivity contribution in [2.24, 2.45) is 10.8 Å². The Balaban J connectivity index is 1.36. The van der Waals surface area contributed by atoms with Crippen LogP contribution in [0.25, 0.3) is 6.08 Å². The lowest BCUT2D eigenvalue weighted by Crippen LogP contribution is -2.62. The number of benzene rings is 1. The zero-order chi connectivity index (χ0) is 21.6. The largest absolute Gasteiger partial charge is 0.0938 e. The van der Waals surface area contributed by atoms with Crippen molar-refractivity contribution >= 4 is 24.6 Å². The molecule has 3 aliphatic rings. The normalized spacial score (nSPS) is 30.7. The Morgan fingerprint density at radius 2 is 1.60 bits per heavy atom. The Morgan fingerprint density at radius 1 is 0.900 bits per heavy atom. The van der Waals surface area contributed by atoms with Crippen LogP contribution in [0, 0.1) is 10.8 Å². The zero-order valence-corrected chi connectivity index (χ0v) is 21.1. The van der Waals surface area contributed by atoms with E-state index in [9.17, 15) is 0 Å². The van der Waals surface area contributed by atoms with E-state index in [4.69, 9.17) is 11.2 Å². The van der Waals surface area contributed by atoms with Crippen LogP contribution in [-0.2, 0) is 5.16 Å². The molecule has 2 heteroatoms. The quantitative estimate of drug-likeness (QED) is 0.292. The van der Waals surface area contributed by atoms with E-state index in [1.165, 1.54) is 61.6 Å². The molecule has 2 spiro atoms. The molecule has 3 unspecified atom stereocenters. The SMILES string of the molecule is CC(C)(C)CCCCCCCC1=CC2(C=C1)P(Cl)C1(C=Cc3ccccc31)C2(C)C. The maximum atomic E-state index is 7.33. The number of fused-ring (bicyclic) bond motifs is 2. The molecule has 0 nitrogen and oxygen atoms in total. The molecule has 3 atom stereocenters. The molecule has 0 radical (unpaired) electrons. The third-order valence-corrected chi connectivity index (χ3v) is 12.5. The van der Waals surface area contributed by atoms with E-state index in [1.54, 1.807) is 0 Å². The Labute approximate surface area is 190 Å². The minimum absolute atomic E-state index is 0.00380. The van der Waals surface area contributed by atoms with E-state index >= 15 is 0 Å². The summed E-state index contributed by atoms with van der Waals surface area (Å²) in [4.78, 5) is 0. The van der Waals surface area contributed by atoms with Gasteiger partial charge < -0.3 is 0 Å². The molecule has 1 saturated heterocycles. The average molecular weight is 441 g/mol. The highest BCUT2D eigenvalue weighted by atomic mass is 35.7. The van der Waals surface area contributed by atoms with Gasteiger partial charge in [-0.2, -0.15) is 0 Å². The van der Waals surface area contributed by atoms with Crippen molar-refractivity contribution in [1.82, 2.24) is 0 Å². The van der Waals surface area contributed by atoms with Crippen molar-refractivity contribution in [1.29, 1.82) is 0 Å². The Kier molecular flexibility index (Phi) is 5.91. The first-order valence-corrected chi connectivity index (χ1v) is 14.0. The lowest BCUT2D eigenvalue weighted by Gasteiger charge is -2.68. The summed E-state index contributed by atoms with van der Waals surface area (Å²) in [5.74, 6) is 0. The summed E-state index contributed by atoms with van der Waals surface area (Å²) in [6.45, 7) is 11.9. The second kappa shape index (κ2) is 7.94. The first kappa shape index (κ1) is 22.4. The molecule has 0 bridgehead atoms. The van der Waals surface area contributed by atoms with Crippen LogP contribution in [0.15, 0.2) is 54.1 Å². The van der Waals surface area contributed by atoms with Crippen molar-refractivity contribution in [3.8, 4) is 0 Å². The van der Waals surface area contributed by atoms with Crippen LogP contribution in [0.1, 0.15) is 90.7 Å². The molecule has 1 fully saturated rings. The van der Waals surface area contributed by atoms with Crippen LogP contribution in [0.4, 0.5) is 0 Å². The van der Waals surface area contributed by atoms with E-state index in [2.05, 4.69) is 89.3 Å². The molecule has 4 rings (SSSR count). The van der Waals surface area contributed by atoms with Crippen molar-refractivity contribution < 1.29 is 0 Å². The number of hydrogen-bond acceptors (Lipinski definition) is 0. The fourth-order valence-corrected chi connectivity index (χ4v) is 10.7. The highest BCUT2D eigenvalue weighted by molar-refractivity contribution is 7.88. The summed E-state index contributed by atoms with van der Waals surface area (Å²) in [5.41, 5.74) is 4.88. The molecule has 0 aromatic heterocycles. The maximum absolute atomic E-state index is 7.33. The number of allylic oxidation sites excluding steroid dienone is 5. The highest BCUT2D eigenvalue weighted by Gasteiger charge is 2.74. The van der Waals surface area contributed by atoms with Gasteiger partial charge in [0.15, 0.2) is 0 Å². The number of rotatable bonds is 7. The van der Waals surface area contributed by atoms with Gasteiger partial charge in [-0.25, -0.2) is 0 Å². The van der Waals surface area contributed by atoms with Gasteiger partial charge >= 0.3 is 0 Å². The predicted molar refractivity (Wildman–Crippen MR) is 135 cm³/mol. The fraction of sp³-hybridized carbons (Fsp3) is 0.571. The van der Waals surface area contributed by atoms with E-state index in [0.29, 0.717) is 5.41 Å². The van der Waals surface area contributed by atoms with Crippen molar-refractivity contribution in [3.63, 3.8) is 0 Å². The molecule has 1 aliphatic heterocycles. The smallest absolute Gasteiger partial charge is 0.0557 e. The molecule has 162 valence electrons. The lowest BCUT2D eigenvalue weighted by atomic mass is 9.64. The summed E-state index contributed by atoms with van der Waals surface area (Å²) >= 11 is 7.33. The third kappa shape index (κ3) is 3.38. The van der Waals surface area contributed by atoms with Crippen LogP contribution in [0.5, 0.6) is 0 Å². The van der Waals surface area contributed by atoms with Crippen LogP contribution in [-0.4, -0.2) is 5.16 Å². The molecule has 1 heterocycles. The second-order valence-electron chi connectivity index (χ2n) is 11.3. The predicted octanol–water partition coefficient (Wildman–Crippen LogP) is 9.60. The summed E-state index contributed by atoms with van der Waals surface area (Å²) in [6.07, 6.45) is 21.4. The molecule has 1 aromatic rings. The number of unbranched alkanes of at least 4 members (excludes halogenated alkanes) is 4. The van der Waals surface area contributed by atoms with Gasteiger partial charge in [-0.05, 0) is 35.8 Å². The number of halogens is 1. The van der Waals surface area contributed by atoms with E-state index in [-0.39, 0.29) is 15.7 Å². The molecule has 1 aromatic carbocycles. The summed E-state index contributed by atoms with van der Waals surface area (Å²) in [7, 11) is -0.705. The molecular weight excluding hydrogens is 403 g/mol. The van der Waals surface area contributed by atoms with Gasteiger partial charge in [-0.1, -0.05) is 132 Å². The summed E-state index contributed by atoms with van der Waals surface area (Å²) < 4.78 is 0. The Hall–Kier alpha value is -0.840. The van der Waals surface area contributed by atoms with Crippen LogP contribution >= 0.6 is 18.5 Å². The highest BCUT2D eigenvalue weighted by Crippen LogP contribution is 2.91. The lowest BCUT2D eigenvalue weighted by molar-refractivity contribution is 0.215. The van der Waals surface area contributed by atoms with Gasteiger partial charge in [0.25, 0.3) is 0 Å². The summed E-state index contributed by atoms with van der Waals surface area (Å²) in [6, 6.07) is 8.83. The van der Waals surface area contributed by atoms with Crippen LogP contribution in [0.3, 0.4) is 0 Å². The average Bonchev–Trinajstić information content (AvgIpc) is 3.31. The van der Waals surface area contributed by atoms with E-state index in [1.807, 2.05) is 0 Å². The van der Waals surface area contributed by atoms with Crippen LogP contribution in [0.2, 0.25) is 0 Å². The van der Waals surface area contributed by atoms with Gasteiger partial charge in [0.2, 0.25) is 0 Å². The monoisotopic (exact) mass is 440 g/mol. The standard InChI is InChI=1S/C28H38ClP/c1-25(2,3)18-12-8-6-7-9-13-22-16-19-27(21-22)26(4,5)28(30(27)29)20-17-23-14-10-11-15-24(23)28/h10-11,14-17,19-21H,6-9,12-13,18H2,1-5H3. The van der Waals surface area contributed by atoms with Crippen molar-refractivity contribution in [3.05, 3.63) is 65.3 Å². The molecule has 0 N–H and O–H groups in total. The molecule has 2 aliphatic carbocycles. The Bertz CT molecular complexity index is 884. The number of hydrogen-bond donors (Lipinski definition) is 0. The van der Waals surface area contributed by atoms with Crippen LogP contribution < -0.4 is 0 Å². The van der Waals surface area contributed by atoms with Crippen molar-refractivity contribution in [2.45, 2.75) is 89.9 Å². The molecule has 30 heavy (non-hydrogen) atoms. The minimum Gasteiger partial charge on any atom is -0.0938 e. The van der Waals surface area contributed by atoms with E-state index < -0.39 is 7.27 Å². The van der Waals surface area contributed by atoms with Gasteiger partial charge in [-0.15, -0.1) is 0 Å². The first-order valence-electron chi connectivity index (χ1n) is 11.8. The molecule has 0 amide bonds. The topological polar surface area (TPSA) is 0 Å². The van der Waals surface area contributed by atoms with Gasteiger partial charge in [0.1, 0.15) is 0 Å². The second-order valence-corrected chi connectivity index (χ2v) is 14.3. The fourth-order valence-electron chi connectivity index (χ4n) is 5.83. The van der Waals surface area contributed by atoms with Crippen molar-refractivity contribution in [2.75, 3.05) is 0 Å². The van der Waals surface area contributed by atoms with Gasteiger partial charge in [0.05, 0.1) is 5.16 Å². The minimum atomic E-state index is -0.705. The Morgan fingerprint density at radius 3 is 2.33 bits per heavy atom. The molecular formula is C28H38ClP. The van der Waals surface area contributed by atoms with Gasteiger partial charge in [0, 0.05) is 17.8 Å². The molecule has 0 saturated carbocycles. The summed E-state index contributed by atoms with van der Waals surface area (Å²) in [5, 5.41) is 0.0392. The third-order valence-electron chi connectivity index (χ3n) is 7.81. The maximum Gasteiger partial charge on any atom is 0.0557 e.